The SMILES string of the molecule is O=C(O)Cc1csc(Nc2ccc3c(c2)COC3)n1. The average Bonchev–Trinajstić information content (AvgIpc) is 2.97. The number of benzene rings is 1. The Labute approximate surface area is 113 Å². The second-order valence-corrected chi connectivity index (χ2v) is 5.17. The Morgan fingerprint density at radius 1 is 1.42 bits per heavy atom. The fraction of sp³-hybridized carbons (Fsp3) is 0.231. The number of hydrogen-bond acceptors (Lipinski definition) is 5. The van der Waals surface area contributed by atoms with Crippen molar-refractivity contribution in [1.29, 1.82) is 0 Å². The Hall–Kier alpha value is -1.92. The zero-order valence-corrected chi connectivity index (χ0v) is 10.9. The lowest BCUT2D eigenvalue weighted by molar-refractivity contribution is -0.136. The zero-order chi connectivity index (χ0) is 13.2. The molecule has 1 aliphatic heterocycles. The molecule has 0 unspecified atom stereocenters. The highest BCUT2D eigenvalue weighted by Gasteiger charge is 2.12. The van der Waals surface area contributed by atoms with Gasteiger partial charge in [-0.3, -0.25) is 4.79 Å². The van der Waals surface area contributed by atoms with E-state index in [1.807, 2.05) is 18.2 Å². The molecule has 2 N–H and O–H groups in total. The summed E-state index contributed by atoms with van der Waals surface area (Å²) in [5.74, 6) is -0.869. The van der Waals surface area contributed by atoms with Crippen molar-refractivity contribution >= 4 is 28.1 Å². The molecule has 1 aromatic carbocycles. The van der Waals surface area contributed by atoms with Crippen LogP contribution in [0.5, 0.6) is 0 Å². The number of fused-ring (bicyclic) bond motifs is 1. The molecule has 19 heavy (non-hydrogen) atoms. The van der Waals surface area contributed by atoms with Gasteiger partial charge in [0.05, 0.1) is 25.3 Å². The Kier molecular flexibility index (Phi) is 3.18. The van der Waals surface area contributed by atoms with Crippen LogP contribution in [0.25, 0.3) is 0 Å². The second kappa shape index (κ2) is 4.99. The van der Waals surface area contributed by atoms with E-state index >= 15 is 0 Å². The van der Waals surface area contributed by atoms with Gasteiger partial charge in [0.15, 0.2) is 5.13 Å². The fourth-order valence-corrected chi connectivity index (χ4v) is 2.70. The van der Waals surface area contributed by atoms with E-state index < -0.39 is 5.97 Å². The van der Waals surface area contributed by atoms with E-state index in [-0.39, 0.29) is 6.42 Å². The van der Waals surface area contributed by atoms with Gasteiger partial charge in [0, 0.05) is 11.1 Å². The molecule has 2 heterocycles. The van der Waals surface area contributed by atoms with Gasteiger partial charge in [-0.15, -0.1) is 11.3 Å². The van der Waals surface area contributed by atoms with Crippen molar-refractivity contribution < 1.29 is 14.6 Å². The number of thiazole rings is 1. The number of carboxylic acid groups (broad SMARTS) is 1. The summed E-state index contributed by atoms with van der Waals surface area (Å²) in [6, 6.07) is 6.06. The van der Waals surface area contributed by atoms with Gasteiger partial charge in [-0.25, -0.2) is 4.98 Å². The predicted molar refractivity (Wildman–Crippen MR) is 71.7 cm³/mol. The van der Waals surface area contributed by atoms with Crippen molar-refractivity contribution in [3.8, 4) is 0 Å². The van der Waals surface area contributed by atoms with E-state index in [1.165, 1.54) is 22.5 Å². The molecule has 0 radical (unpaired) electrons. The summed E-state index contributed by atoms with van der Waals surface area (Å²) in [5.41, 5.74) is 3.92. The smallest absolute Gasteiger partial charge is 0.309 e. The number of hydrogen-bond donors (Lipinski definition) is 2. The van der Waals surface area contributed by atoms with Crippen LogP contribution in [0.4, 0.5) is 10.8 Å². The van der Waals surface area contributed by atoms with E-state index in [1.54, 1.807) is 5.38 Å². The zero-order valence-electron chi connectivity index (χ0n) is 10.0. The van der Waals surface area contributed by atoms with E-state index in [0.29, 0.717) is 24.0 Å². The summed E-state index contributed by atoms with van der Waals surface area (Å²) < 4.78 is 5.36. The van der Waals surface area contributed by atoms with E-state index in [2.05, 4.69) is 10.3 Å². The normalized spacial score (nSPS) is 13.3. The van der Waals surface area contributed by atoms with Crippen molar-refractivity contribution in [3.05, 3.63) is 40.4 Å². The molecular weight excluding hydrogens is 264 g/mol. The number of anilines is 2. The number of nitrogens with zero attached hydrogens (tertiary/aromatic N) is 1. The number of ether oxygens (including phenoxy) is 1. The molecule has 0 amide bonds. The van der Waals surface area contributed by atoms with Gasteiger partial charge >= 0.3 is 5.97 Å². The minimum Gasteiger partial charge on any atom is -0.481 e. The van der Waals surface area contributed by atoms with Crippen LogP contribution >= 0.6 is 11.3 Å². The molecule has 1 aliphatic rings. The summed E-state index contributed by atoms with van der Waals surface area (Å²) in [6.07, 6.45) is -0.0454. The third-order valence-electron chi connectivity index (χ3n) is 2.86. The minimum atomic E-state index is -0.869. The van der Waals surface area contributed by atoms with Gasteiger partial charge in [-0.1, -0.05) is 6.07 Å². The molecule has 6 heteroatoms. The van der Waals surface area contributed by atoms with Gasteiger partial charge in [-0.05, 0) is 23.3 Å². The maximum atomic E-state index is 10.6. The van der Waals surface area contributed by atoms with Crippen LogP contribution in [0, 0.1) is 0 Å². The topological polar surface area (TPSA) is 71.5 Å². The number of aromatic nitrogens is 1. The van der Waals surface area contributed by atoms with E-state index in [4.69, 9.17) is 9.84 Å². The Morgan fingerprint density at radius 3 is 3.11 bits per heavy atom. The fourth-order valence-electron chi connectivity index (χ4n) is 1.97. The van der Waals surface area contributed by atoms with Crippen LogP contribution in [0.2, 0.25) is 0 Å². The minimum absolute atomic E-state index is 0.0454. The highest BCUT2D eigenvalue weighted by Crippen LogP contribution is 2.26. The quantitative estimate of drug-likeness (QED) is 0.898. The Bertz CT molecular complexity index is 624. The van der Waals surface area contributed by atoms with E-state index in [0.717, 1.165) is 5.69 Å². The van der Waals surface area contributed by atoms with Crippen LogP contribution in [-0.2, 0) is 29.2 Å². The monoisotopic (exact) mass is 276 g/mol. The summed E-state index contributed by atoms with van der Waals surface area (Å²) in [4.78, 5) is 14.8. The Morgan fingerprint density at radius 2 is 2.26 bits per heavy atom. The number of carbonyl (C=O) groups is 1. The first-order valence-corrected chi connectivity index (χ1v) is 6.71. The first kappa shape index (κ1) is 12.1. The van der Waals surface area contributed by atoms with Crippen LogP contribution in [0.3, 0.4) is 0 Å². The highest BCUT2D eigenvalue weighted by atomic mass is 32.1. The van der Waals surface area contributed by atoms with Crippen molar-refractivity contribution in [1.82, 2.24) is 4.98 Å². The lowest BCUT2D eigenvalue weighted by atomic mass is 10.1. The summed E-state index contributed by atoms with van der Waals surface area (Å²) in [7, 11) is 0. The molecule has 5 nitrogen and oxygen atoms in total. The molecule has 0 saturated carbocycles. The third kappa shape index (κ3) is 2.74. The predicted octanol–water partition coefficient (Wildman–Crippen LogP) is 2.54. The molecule has 1 aromatic heterocycles. The molecule has 0 saturated heterocycles. The number of aliphatic carboxylic acids is 1. The summed E-state index contributed by atoms with van der Waals surface area (Å²) >= 11 is 1.40. The van der Waals surface area contributed by atoms with Crippen molar-refractivity contribution in [2.24, 2.45) is 0 Å². The molecule has 0 fully saturated rings. The molecular formula is C13H12N2O3S. The molecule has 0 bridgehead atoms. The lowest BCUT2D eigenvalue weighted by Gasteiger charge is -2.04. The second-order valence-electron chi connectivity index (χ2n) is 4.32. The molecule has 0 aliphatic carbocycles. The number of rotatable bonds is 4. The first-order valence-electron chi connectivity index (χ1n) is 5.83. The first-order chi connectivity index (χ1) is 9.20. The standard InChI is InChI=1S/C13H12N2O3S/c16-12(17)4-11-7-19-13(15-11)14-10-2-1-8-5-18-6-9(8)3-10/h1-3,7H,4-6H2,(H,14,15)(H,16,17). The van der Waals surface area contributed by atoms with Gasteiger partial charge in [-0.2, -0.15) is 0 Å². The Balaban J connectivity index is 1.74. The molecule has 0 atom stereocenters. The van der Waals surface area contributed by atoms with Crippen LogP contribution in [-0.4, -0.2) is 16.1 Å². The third-order valence-corrected chi connectivity index (χ3v) is 3.66. The maximum Gasteiger partial charge on any atom is 0.309 e. The van der Waals surface area contributed by atoms with Crippen LogP contribution in [0.1, 0.15) is 16.8 Å². The molecule has 0 spiro atoms. The number of nitrogens with one attached hydrogen (secondary N) is 1. The maximum absolute atomic E-state index is 10.6. The van der Waals surface area contributed by atoms with Gasteiger partial charge in [0.2, 0.25) is 0 Å². The van der Waals surface area contributed by atoms with Gasteiger partial charge < -0.3 is 15.2 Å². The highest BCUT2D eigenvalue weighted by molar-refractivity contribution is 7.13. The molecule has 2 aromatic rings. The van der Waals surface area contributed by atoms with Crippen LogP contribution < -0.4 is 5.32 Å². The average molecular weight is 276 g/mol. The van der Waals surface area contributed by atoms with Gasteiger partial charge in [0.25, 0.3) is 0 Å². The lowest BCUT2D eigenvalue weighted by Crippen LogP contribution is -2.00. The summed E-state index contributed by atoms with van der Waals surface area (Å²) in [6.45, 7) is 1.32. The number of carboxylic acids is 1. The van der Waals surface area contributed by atoms with E-state index in [9.17, 15) is 4.79 Å². The van der Waals surface area contributed by atoms with Crippen molar-refractivity contribution in [2.45, 2.75) is 19.6 Å². The van der Waals surface area contributed by atoms with Gasteiger partial charge in [0.1, 0.15) is 0 Å². The van der Waals surface area contributed by atoms with Crippen molar-refractivity contribution in [2.75, 3.05) is 5.32 Å². The van der Waals surface area contributed by atoms with Crippen molar-refractivity contribution in [3.63, 3.8) is 0 Å². The summed E-state index contributed by atoms with van der Waals surface area (Å²) in [5, 5.41) is 14.3. The molecule has 3 rings (SSSR count). The largest absolute Gasteiger partial charge is 0.481 e. The molecule has 98 valence electrons. The van der Waals surface area contributed by atoms with Crippen LogP contribution in [0.15, 0.2) is 23.6 Å².